The highest BCUT2D eigenvalue weighted by atomic mass is 19.4. The molecule has 2 N–H and O–H groups in total. The highest BCUT2D eigenvalue weighted by Gasteiger charge is 2.44. The molecule has 0 radical (unpaired) electrons. The second-order valence-corrected chi connectivity index (χ2v) is 8.05. The minimum absolute atomic E-state index is 0.0669. The van der Waals surface area contributed by atoms with E-state index in [1.165, 1.54) is 33.1 Å². The number of nitrogens with zero attached hydrogens (tertiary/aromatic N) is 3. The van der Waals surface area contributed by atoms with E-state index in [1.807, 2.05) is 0 Å². The van der Waals surface area contributed by atoms with Crippen LogP contribution in [-0.2, 0) is 9.53 Å². The Kier molecular flexibility index (Phi) is 8.03. The average Bonchev–Trinajstić information content (AvgIpc) is 2.85. The number of methoxy groups -OCH3 is 2. The number of urea groups is 1. The van der Waals surface area contributed by atoms with Gasteiger partial charge in [0.1, 0.15) is 11.5 Å². The first-order chi connectivity index (χ1) is 17.8. The number of halogens is 4. The van der Waals surface area contributed by atoms with Gasteiger partial charge in [-0.15, -0.1) is 0 Å². The largest absolute Gasteiger partial charge is 0.481 e. The average molecular weight is 540 g/mol. The third kappa shape index (κ3) is 5.74. The third-order valence-electron chi connectivity index (χ3n) is 5.26. The summed E-state index contributed by atoms with van der Waals surface area (Å²) in [4.78, 5) is 29.8. The number of hydrogen-bond donors (Lipinski definition) is 1. The van der Waals surface area contributed by atoms with Crippen molar-refractivity contribution < 1.29 is 46.1 Å². The quantitative estimate of drug-likeness (QED) is 0.303. The monoisotopic (exact) mass is 540 g/mol. The summed E-state index contributed by atoms with van der Waals surface area (Å²) in [6.07, 6.45) is -4.08. The molecule has 1 aliphatic heterocycles. The molecule has 38 heavy (non-hydrogen) atoms. The summed E-state index contributed by atoms with van der Waals surface area (Å²) in [5, 5.41) is 0. The molecule has 0 saturated carbocycles. The second kappa shape index (κ2) is 10.9. The van der Waals surface area contributed by atoms with E-state index in [2.05, 4.69) is 9.72 Å². The Labute approximate surface area is 214 Å². The van der Waals surface area contributed by atoms with Gasteiger partial charge in [-0.25, -0.2) is 14.0 Å². The number of carbonyl (C=O) groups excluding carboxylic acids is 2. The van der Waals surface area contributed by atoms with E-state index in [4.69, 9.17) is 19.9 Å². The fraction of sp³-hybridized carbons (Fsp3) is 0.292. The SMILES string of the molecule is COC(=O)COc1nc(OC)ccc1Oc1cc(N2C(=O)N(C)C(C(F)(F)F)=CC2=C(C)C)c(F)cc1N. The number of pyridine rings is 1. The van der Waals surface area contributed by atoms with Gasteiger partial charge in [0.25, 0.3) is 5.88 Å². The zero-order valence-corrected chi connectivity index (χ0v) is 21.0. The summed E-state index contributed by atoms with van der Waals surface area (Å²) < 4.78 is 76.4. The van der Waals surface area contributed by atoms with Crippen molar-refractivity contribution in [3.05, 3.63) is 53.1 Å². The van der Waals surface area contributed by atoms with Crippen molar-refractivity contribution in [3.63, 3.8) is 0 Å². The maximum absolute atomic E-state index is 15.1. The molecule has 0 atom stereocenters. The maximum Gasteiger partial charge on any atom is 0.431 e. The number of carbonyl (C=O) groups is 2. The first kappa shape index (κ1) is 28.1. The summed E-state index contributed by atoms with van der Waals surface area (Å²) in [5.74, 6) is -2.02. The van der Waals surface area contributed by atoms with E-state index in [1.54, 1.807) is 0 Å². The summed E-state index contributed by atoms with van der Waals surface area (Å²) in [6.45, 7) is 2.43. The van der Waals surface area contributed by atoms with Gasteiger partial charge in [-0.05, 0) is 26.0 Å². The summed E-state index contributed by atoms with van der Waals surface area (Å²) in [5.41, 5.74) is 4.24. The van der Waals surface area contributed by atoms with Crippen LogP contribution < -0.4 is 24.8 Å². The number of anilines is 2. The van der Waals surface area contributed by atoms with Gasteiger partial charge in [-0.2, -0.15) is 18.2 Å². The standard InChI is InChI=1S/C24H24F4N4O6/c1-12(2)15-10-19(24(26,27)28)31(3)23(34)32(15)16-9-18(14(29)8-13(16)25)38-17-6-7-20(35-4)30-22(17)37-11-21(33)36-5/h6-10H,11,29H2,1-5H3. The number of ether oxygens (including phenoxy) is 4. The van der Waals surface area contributed by atoms with E-state index >= 15 is 4.39 Å². The number of allylic oxidation sites excluding steroid dienone is 3. The number of esters is 1. The first-order valence-corrected chi connectivity index (χ1v) is 10.8. The Hall–Kier alpha value is -4.49. The van der Waals surface area contributed by atoms with Gasteiger partial charge < -0.3 is 24.7 Å². The van der Waals surface area contributed by atoms with Crippen LogP contribution in [0.25, 0.3) is 0 Å². The van der Waals surface area contributed by atoms with Crippen molar-refractivity contribution in [2.45, 2.75) is 20.0 Å². The lowest BCUT2D eigenvalue weighted by atomic mass is 10.1. The summed E-state index contributed by atoms with van der Waals surface area (Å²) >= 11 is 0. The number of rotatable bonds is 7. The van der Waals surface area contributed by atoms with Crippen LogP contribution in [-0.4, -0.2) is 55.9 Å². The smallest absolute Gasteiger partial charge is 0.431 e. The van der Waals surface area contributed by atoms with Crippen LogP contribution in [0, 0.1) is 5.82 Å². The first-order valence-electron chi connectivity index (χ1n) is 10.8. The third-order valence-corrected chi connectivity index (χ3v) is 5.26. The highest BCUT2D eigenvalue weighted by molar-refractivity contribution is 5.99. The van der Waals surface area contributed by atoms with Crippen molar-refractivity contribution in [2.24, 2.45) is 0 Å². The second-order valence-electron chi connectivity index (χ2n) is 8.05. The predicted octanol–water partition coefficient (Wildman–Crippen LogP) is 4.77. The molecule has 0 fully saturated rings. The molecular formula is C24H24F4N4O6. The molecule has 1 aliphatic rings. The molecule has 0 saturated heterocycles. The molecule has 2 aromatic rings. The highest BCUT2D eigenvalue weighted by Crippen LogP contribution is 2.42. The normalized spacial score (nSPS) is 13.8. The lowest BCUT2D eigenvalue weighted by Gasteiger charge is -2.36. The van der Waals surface area contributed by atoms with E-state index in [0.29, 0.717) is 10.5 Å². The van der Waals surface area contributed by atoms with E-state index < -0.39 is 42.0 Å². The lowest BCUT2D eigenvalue weighted by molar-refractivity contribution is -0.143. The number of nitrogens with two attached hydrogens (primary N) is 1. The van der Waals surface area contributed by atoms with Crippen LogP contribution in [0.5, 0.6) is 23.3 Å². The molecule has 0 aliphatic carbocycles. The Morgan fingerprint density at radius 1 is 1.13 bits per heavy atom. The Balaban J connectivity index is 2.09. The predicted molar refractivity (Wildman–Crippen MR) is 127 cm³/mol. The Morgan fingerprint density at radius 2 is 1.82 bits per heavy atom. The Bertz CT molecular complexity index is 1320. The molecule has 2 amide bonds. The fourth-order valence-corrected chi connectivity index (χ4v) is 3.35. The minimum atomic E-state index is -4.83. The Morgan fingerprint density at radius 3 is 2.39 bits per heavy atom. The van der Waals surface area contributed by atoms with Gasteiger partial charge in [0.15, 0.2) is 18.1 Å². The molecule has 1 aromatic heterocycles. The van der Waals surface area contributed by atoms with Gasteiger partial charge in [-0.3, -0.25) is 9.80 Å². The summed E-state index contributed by atoms with van der Waals surface area (Å²) in [7, 11) is 3.44. The van der Waals surface area contributed by atoms with Crippen LogP contribution in [0.1, 0.15) is 13.8 Å². The molecule has 0 bridgehead atoms. The maximum atomic E-state index is 15.1. The van der Waals surface area contributed by atoms with Gasteiger partial charge >= 0.3 is 18.2 Å². The lowest BCUT2D eigenvalue weighted by Crippen LogP contribution is -2.47. The number of alkyl halides is 3. The van der Waals surface area contributed by atoms with Gasteiger partial charge in [0.2, 0.25) is 5.88 Å². The van der Waals surface area contributed by atoms with E-state index in [-0.39, 0.29) is 34.6 Å². The topological polar surface area (TPSA) is 116 Å². The van der Waals surface area contributed by atoms with Crippen LogP contribution in [0.4, 0.5) is 33.7 Å². The zero-order chi connectivity index (χ0) is 28.4. The molecule has 1 aromatic carbocycles. The molecule has 14 heteroatoms. The minimum Gasteiger partial charge on any atom is -0.481 e. The van der Waals surface area contributed by atoms with E-state index in [0.717, 1.165) is 37.3 Å². The molecule has 204 valence electrons. The molecule has 10 nitrogen and oxygen atoms in total. The van der Waals surface area contributed by atoms with Crippen molar-refractivity contribution in [3.8, 4) is 23.3 Å². The number of hydrogen-bond acceptors (Lipinski definition) is 8. The molecule has 0 spiro atoms. The van der Waals surface area contributed by atoms with Crippen molar-refractivity contribution in [2.75, 3.05) is 38.5 Å². The van der Waals surface area contributed by atoms with Crippen molar-refractivity contribution >= 4 is 23.4 Å². The molecular weight excluding hydrogens is 516 g/mol. The molecule has 0 unspecified atom stereocenters. The van der Waals surface area contributed by atoms with Crippen LogP contribution >= 0.6 is 0 Å². The number of benzene rings is 1. The molecule has 2 heterocycles. The number of aromatic nitrogens is 1. The van der Waals surface area contributed by atoms with Crippen molar-refractivity contribution in [1.29, 1.82) is 0 Å². The zero-order valence-electron chi connectivity index (χ0n) is 21.0. The number of amides is 2. The fourth-order valence-electron chi connectivity index (χ4n) is 3.35. The molecule has 3 rings (SSSR count). The number of nitrogen functional groups attached to an aromatic ring is 1. The summed E-state index contributed by atoms with van der Waals surface area (Å²) in [6, 6.07) is 3.55. The van der Waals surface area contributed by atoms with Gasteiger partial charge in [0, 0.05) is 25.2 Å². The van der Waals surface area contributed by atoms with Gasteiger partial charge in [-0.1, -0.05) is 5.57 Å². The van der Waals surface area contributed by atoms with E-state index in [9.17, 15) is 22.8 Å². The van der Waals surface area contributed by atoms with Crippen LogP contribution in [0.3, 0.4) is 0 Å². The van der Waals surface area contributed by atoms with Crippen molar-refractivity contribution in [1.82, 2.24) is 9.88 Å². The van der Waals surface area contributed by atoms with Crippen LogP contribution in [0.15, 0.2) is 47.3 Å². The van der Waals surface area contributed by atoms with Gasteiger partial charge in [0.05, 0.1) is 31.3 Å². The van der Waals surface area contributed by atoms with Crippen LogP contribution in [0.2, 0.25) is 0 Å².